The van der Waals surface area contributed by atoms with E-state index in [4.69, 9.17) is 5.73 Å². The number of nitrogens with zero attached hydrogens (tertiary/aromatic N) is 2. The number of halogens is 1. The van der Waals surface area contributed by atoms with E-state index in [2.05, 4.69) is 23.6 Å². The topological polar surface area (TPSA) is 32.5 Å². The molecule has 18 heavy (non-hydrogen) atoms. The van der Waals surface area contributed by atoms with E-state index in [-0.39, 0.29) is 5.82 Å². The maximum Gasteiger partial charge on any atom is 0.123 e. The van der Waals surface area contributed by atoms with Crippen LogP contribution in [0.1, 0.15) is 19.4 Å². The Hall–Kier alpha value is -1.13. The lowest BCUT2D eigenvalue weighted by Crippen LogP contribution is -2.49. The molecule has 1 fully saturated rings. The molecule has 1 aliphatic heterocycles. The Kier molecular flexibility index (Phi) is 4.19. The normalized spacial score (nSPS) is 17.5. The van der Waals surface area contributed by atoms with E-state index in [9.17, 15) is 4.39 Å². The molecule has 2 N–H and O–H groups in total. The van der Waals surface area contributed by atoms with E-state index in [1.54, 1.807) is 6.07 Å². The zero-order valence-electron chi connectivity index (χ0n) is 11.2. The lowest BCUT2D eigenvalue weighted by Gasteiger charge is -2.38. The molecule has 1 aromatic rings. The summed E-state index contributed by atoms with van der Waals surface area (Å²) < 4.78 is 13.2. The second-order valence-electron chi connectivity index (χ2n) is 5.09. The fourth-order valence-corrected chi connectivity index (χ4v) is 2.51. The fraction of sp³-hybridized carbons (Fsp3) is 0.571. The second kappa shape index (κ2) is 5.67. The molecule has 0 saturated carbocycles. The minimum absolute atomic E-state index is 0.208. The predicted octanol–water partition coefficient (Wildman–Crippen LogP) is 1.81. The number of nitrogens with two attached hydrogens (primary N) is 1. The second-order valence-corrected chi connectivity index (χ2v) is 5.09. The summed E-state index contributed by atoms with van der Waals surface area (Å²) in [6, 6.07) is 5.50. The first-order valence-electron chi connectivity index (χ1n) is 6.59. The highest BCUT2D eigenvalue weighted by Crippen LogP contribution is 2.23. The molecule has 0 unspecified atom stereocenters. The Morgan fingerprint density at radius 2 is 1.89 bits per heavy atom. The van der Waals surface area contributed by atoms with Crippen molar-refractivity contribution in [2.45, 2.75) is 26.4 Å². The van der Waals surface area contributed by atoms with Gasteiger partial charge in [-0.3, -0.25) is 4.90 Å². The van der Waals surface area contributed by atoms with Crippen LogP contribution < -0.4 is 10.6 Å². The van der Waals surface area contributed by atoms with Crippen molar-refractivity contribution in [2.75, 3.05) is 31.1 Å². The number of hydrogen-bond donors (Lipinski definition) is 1. The largest absolute Gasteiger partial charge is 0.369 e. The van der Waals surface area contributed by atoms with E-state index in [1.807, 2.05) is 6.07 Å². The summed E-state index contributed by atoms with van der Waals surface area (Å²) in [6.07, 6.45) is 0. The number of anilines is 1. The van der Waals surface area contributed by atoms with Gasteiger partial charge in [0.15, 0.2) is 0 Å². The molecule has 1 saturated heterocycles. The zero-order chi connectivity index (χ0) is 13.1. The van der Waals surface area contributed by atoms with Crippen molar-refractivity contribution in [3.8, 4) is 0 Å². The van der Waals surface area contributed by atoms with Gasteiger partial charge in [-0.25, -0.2) is 4.39 Å². The van der Waals surface area contributed by atoms with Crippen molar-refractivity contribution in [3.05, 3.63) is 29.6 Å². The van der Waals surface area contributed by atoms with Crippen LogP contribution in [-0.2, 0) is 6.54 Å². The molecule has 0 aliphatic carbocycles. The average molecular weight is 251 g/mol. The molecule has 0 atom stereocenters. The lowest BCUT2D eigenvalue weighted by atomic mass is 10.1. The highest BCUT2D eigenvalue weighted by molar-refractivity contribution is 5.54. The fourth-order valence-electron chi connectivity index (χ4n) is 2.51. The molecule has 1 aliphatic rings. The van der Waals surface area contributed by atoms with Crippen molar-refractivity contribution in [1.29, 1.82) is 0 Å². The maximum absolute atomic E-state index is 13.2. The maximum atomic E-state index is 13.2. The van der Waals surface area contributed by atoms with Gasteiger partial charge in [-0.2, -0.15) is 0 Å². The van der Waals surface area contributed by atoms with Crippen LogP contribution in [0.5, 0.6) is 0 Å². The zero-order valence-corrected chi connectivity index (χ0v) is 11.2. The number of rotatable bonds is 3. The lowest BCUT2D eigenvalue weighted by molar-refractivity contribution is 0.209. The minimum Gasteiger partial charge on any atom is -0.369 e. The number of hydrogen-bond acceptors (Lipinski definition) is 3. The van der Waals surface area contributed by atoms with Gasteiger partial charge in [-0.05, 0) is 37.6 Å². The van der Waals surface area contributed by atoms with Gasteiger partial charge in [-0.1, -0.05) is 0 Å². The van der Waals surface area contributed by atoms with Crippen LogP contribution in [-0.4, -0.2) is 37.1 Å². The van der Waals surface area contributed by atoms with Gasteiger partial charge in [0.1, 0.15) is 5.82 Å². The summed E-state index contributed by atoms with van der Waals surface area (Å²) in [5, 5.41) is 0. The van der Waals surface area contributed by atoms with Crippen molar-refractivity contribution in [2.24, 2.45) is 5.73 Å². The van der Waals surface area contributed by atoms with Gasteiger partial charge in [0.05, 0.1) is 0 Å². The molecule has 0 amide bonds. The quantitative estimate of drug-likeness (QED) is 0.889. The predicted molar refractivity (Wildman–Crippen MR) is 73.2 cm³/mol. The van der Waals surface area contributed by atoms with Crippen LogP contribution in [0.4, 0.5) is 10.1 Å². The van der Waals surface area contributed by atoms with Crippen LogP contribution in [0.15, 0.2) is 18.2 Å². The van der Waals surface area contributed by atoms with Gasteiger partial charge in [0.25, 0.3) is 0 Å². The molecule has 0 spiro atoms. The van der Waals surface area contributed by atoms with Crippen LogP contribution >= 0.6 is 0 Å². The molecular weight excluding hydrogens is 229 g/mol. The van der Waals surface area contributed by atoms with E-state index in [1.165, 1.54) is 6.07 Å². The third-order valence-electron chi connectivity index (χ3n) is 3.65. The van der Waals surface area contributed by atoms with E-state index >= 15 is 0 Å². The molecule has 100 valence electrons. The molecular formula is C14H22FN3. The Balaban J connectivity index is 2.09. The molecule has 0 radical (unpaired) electrons. The van der Waals surface area contributed by atoms with Crippen molar-refractivity contribution in [1.82, 2.24) is 4.90 Å². The van der Waals surface area contributed by atoms with E-state index in [0.29, 0.717) is 12.6 Å². The number of piperazine rings is 1. The Bertz CT molecular complexity index is 398. The first kappa shape index (κ1) is 13.3. The third kappa shape index (κ3) is 2.82. The SMILES string of the molecule is CC(C)N1CCN(c2ccc(F)cc2CN)CC1. The smallest absolute Gasteiger partial charge is 0.123 e. The molecule has 2 rings (SSSR count). The van der Waals surface area contributed by atoms with Gasteiger partial charge in [0, 0.05) is 44.5 Å². The van der Waals surface area contributed by atoms with Gasteiger partial charge in [0.2, 0.25) is 0 Å². The Morgan fingerprint density at radius 3 is 2.44 bits per heavy atom. The van der Waals surface area contributed by atoms with Crippen molar-refractivity contribution >= 4 is 5.69 Å². The Labute approximate surface area is 108 Å². The first-order valence-corrected chi connectivity index (χ1v) is 6.59. The summed E-state index contributed by atoms with van der Waals surface area (Å²) in [5.74, 6) is -0.208. The monoisotopic (exact) mass is 251 g/mol. The summed E-state index contributed by atoms with van der Waals surface area (Å²) in [6.45, 7) is 8.90. The minimum atomic E-state index is -0.208. The average Bonchev–Trinajstić information content (AvgIpc) is 2.38. The standard InChI is InChI=1S/C14H22FN3/c1-11(2)17-5-7-18(8-6-17)14-4-3-13(15)9-12(14)10-16/h3-4,9,11H,5-8,10,16H2,1-2H3. The molecule has 1 aromatic carbocycles. The summed E-state index contributed by atoms with van der Waals surface area (Å²) in [7, 11) is 0. The van der Waals surface area contributed by atoms with Gasteiger partial charge in [-0.15, -0.1) is 0 Å². The van der Waals surface area contributed by atoms with E-state index in [0.717, 1.165) is 37.4 Å². The van der Waals surface area contributed by atoms with E-state index < -0.39 is 0 Å². The third-order valence-corrected chi connectivity index (χ3v) is 3.65. The highest BCUT2D eigenvalue weighted by atomic mass is 19.1. The number of benzene rings is 1. The molecule has 1 heterocycles. The summed E-state index contributed by atoms with van der Waals surface area (Å²) in [5.41, 5.74) is 7.68. The summed E-state index contributed by atoms with van der Waals surface area (Å²) >= 11 is 0. The van der Waals surface area contributed by atoms with Gasteiger partial charge >= 0.3 is 0 Å². The molecule has 4 heteroatoms. The van der Waals surface area contributed by atoms with Gasteiger partial charge < -0.3 is 10.6 Å². The van der Waals surface area contributed by atoms with Crippen molar-refractivity contribution < 1.29 is 4.39 Å². The molecule has 3 nitrogen and oxygen atoms in total. The summed E-state index contributed by atoms with van der Waals surface area (Å²) in [4.78, 5) is 4.77. The molecule has 0 aromatic heterocycles. The van der Waals surface area contributed by atoms with Crippen LogP contribution in [0.2, 0.25) is 0 Å². The molecule has 0 bridgehead atoms. The van der Waals surface area contributed by atoms with Crippen molar-refractivity contribution in [3.63, 3.8) is 0 Å². The van der Waals surface area contributed by atoms with Crippen LogP contribution in [0.3, 0.4) is 0 Å². The highest BCUT2D eigenvalue weighted by Gasteiger charge is 2.20. The Morgan fingerprint density at radius 1 is 1.22 bits per heavy atom. The first-order chi connectivity index (χ1) is 8.61. The van der Waals surface area contributed by atoms with Crippen LogP contribution in [0.25, 0.3) is 0 Å². The van der Waals surface area contributed by atoms with Crippen LogP contribution in [0, 0.1) is 5.82 Å².